The quantitative estimate of drug-likeness (QED) is 0.892. The lowest BCUT2D eigenvalue weighted by Gasteiger charge is -2.25. The van der Waals surface area contributed by atoms with Gasteiger partial charge in [0.25, 0.3) is 0 Å². The van der Waals surface area contributed by atoms with Crippen LogP contribution in [0.4, 0.5) is 0 Å². The topological polar surface area (TPSA) is 24.9 Å². The minimum absolute atomic E-state index is 0.109. The lowest BCUT2D eigenvalue weighted by molar-refractivity contribution is 0.391. The first-order valence-electron chi connectivity index (χ1n) is 6.14. The van der Waals surface area contributed by atoms with Crippen LogP contribution >= 0.6 is 23.1 Å². The third-order valence-corrected chi connectivity index (χ3v) is 5.85. The lowest BCUT2D eigenvalue weighted by atomic mass is 9.92. The van der Waals surface area contributed by atoms with Gasteiger partial charge in [-0.1, -0.05) is 27.7 Å². The summed E-state index contributed by atoms with van der Waals surface area (Å²) in [4.78, 5) is 4.88. The zero-order valence-corrected chi connectivity index (χ0v) is 13.0. The first-order chi connectivity index (χ1) is 7.87. The smallest absolute Gasteiger partial charge is 0.114 e. The van der Waals surface area contributed by atoms with Crippen molar-refractivity contribution in [3.63, 3.8) is 0 Å². The molecule has 96 valence electrons. The molecule has 0 spiro atoms. The molecule has 2 unspecified atom stereocenters. The normalized spacial score (nSPS) is 29.8. The maximum Gasteiger partial charge on any atom is 0.114 e. The third kappa shape index (κ3) is 2.54. The van der Waals surface area contributed by atoms with Crippen LogP contribution in [0.3, 0.4) is 0 Å². The summed E-state index contributed by atoms with van der Waals surface area (Å²) in [7, 11) is 2.07. The molecule has 1 aromatic rings. The standard InChI is InChI=1S/C13H22N2S2/c1-9-6-13(14-5,8-17-9)11-15-10(7-16-11)12(2,3)4/h7,9,14H,6,8H2,1-5H3. The van der Waals surface area contributed by atoms with Crippen LogP contribution in [-0.4, -0.2) is 23.0 Å². The molecule has 4 heteroatoms. The summed E-state index contributed by atoms with van der Waals surface area (Å²) in [6, 6.07) is 0. The zero-order chi connectivity index (χ0) is 12.7. The highest BCUT2D eigenvalue weighted by Gasteiger charge is 2.41. The van der Waals surface area contributed by atoms with E-state index in [0.717, 1.165) is 11.0 Å². The average Bonchev–Trinajstić information content (AvgIpc) is 2.83. The van der Waals surface area contributed by atoms with Gasteiger partial charge in [0, 0.05) is 21.8 Å². The van der Waals surface area contributed by atoms with Crippen molar-refractivity contribution in [3.8, 4) is 0 Å². The number of nitrogens with zero attached hydrogens (tertiary/aromatic N) is 1. The maximum atomic E-state index is 4.88. The summed E-state index contributed by atoms with van der Waals surface area (Å²) < 4.78 is 0. The Bertz CT molecular complexity index is 394. The predicted molar refractivity (Wildman–Crippen MR) is 78.1 cm³/mol. The van der Waals surface area contributed by atoms with Crippen molar-refractivity contribution in [2.45, 2.75) is 50.3 Å². The van der Waals surface area contributed by atoms with E-state index in [1.54, 1.807) is 0 Å². The molecule has 2 heterocycles. The lowest BCUT2D eigenvalue weighted by Crippen LogP contribution is -2.40. The fourth-order valence-electron chi connectivity index (χ4n) is 2.16. The number of aromatic nitrogens is 1. The highest BCUT2D eigenvalue weighted by atomic mass is 32.2. The van der Waals surface area contributed by atoms with Crippen molar-refractivity contribution in [1.82, 2.24) is 10.3 Å². The number of thioether (sulfide) groups is 1. The molecule has 1 aromatic heterocycles. The van der Waals surface area contributed by atoms with Gasteiger partial charge in [-0.15, -0.1) is 11.3 Å². The van der Waals surface area contributed by atoms with Gasteiger partial charge in [-0.05, 0) is 13.5 Å². The molecule has 1 aliphatic rings. The van der Waals surface area contributed by atoms with E-state index in [9.17, 15) is 0 Å². The first-order valence-corrected chi connectivity index (χ1v) is 8.07. The van der Waals surface area contributed by atoms with E-state index in [1.165, 1.54) is 17.1 Å². The molecule has 1 N–H and O–H groups in total. The summed E-state index contributed by atoms with van der Waals surface area (Å²) in [5, 5.41) is 7.73. The second-order valence-electron chi connectivity index (χ2n) is 5.95. The molecule has 2 rings (SSSR count). The van der Waals surface area contributed by atoms with E-state index < -0.39 is 0 Å². The van der Waals surface area contributed by atoms with Crippen molar-refractivity contribution in [2.75, 3.05) is 12.8 Å². The Morgan fingerprint density at radius 3 is 2.59 bits per heavy atom. The number of hydrogen-bond acceptors (Lipinski definition) is 4. The van der Waals surface area contributed by atoms with E-state index in [4.69, 9.17) is 4.98 Å². The van der Waals surface area contributed by atoms with Gasteiger partial charge in [0.05, 0.1) is 11.2 Å². The Balaban J connectivity index is 2.30. The van der Waals surface area contributed by atoms with Crippen LogP contribution in [0.2, 0.25) is 0 Å². The van der Waals surface area contributed by atoms with E-state index in [1.807, 2.05) is 23.1 Å². The molecule has 0 saturated carbocycles. The Kier molecular flexibility index (Phi) is 3.59. The molecule has 0 aromatic carbocycles. The van der Waals surface area contributed by atoms with Gasteiger partial charge >= 0.3 is 0 Å². The molecule has 2 atom stereocenters. The highest BCUT2D eigenvalue weighted by Crippen LogP contribution is 2.42. The molecule has 0 radical (unpaired) electrons. The van der Waals surface area contributed by atoms with Gasteiger partial charge in [-0.25, -0.2) is 4.98 Å². The monoisotopic (exact) mass is 270 g/mol. The molecule has 2 nitrogen and oxygen atoms in total. The molecule has 0 aliphatic carbocycles. The van der Waals surface area contributed by atoms with Gasteiger partial charge in [-0.3, -0.25) is 0 Å². The summed E-state index contributed by atoms with van der Waals surface area (Å²) in [6.07, 6.45) is 1.19. The summed E-state index contributed by atoms with van der Waals surface area (Å²) in [5.41, 5.74) is 1.48. The van der Waals surface area contributed by atoms with Crippen LogP contribution in [0.25, 0.3) is 0 Å². The zero-order valence-electron chi connectivity index (χ0n) is 11.3. The van der Waals surface area contributed by atoms with Gasteiger partial charge in [-0.2, -0.15) is 11.8 Å². The molecule has 1 fully saturated rings. The molecule has 17 heavy (non-hydrogen) atoms. The fourth-order valence-corrected chi connectivity index (χ4v) is 4.89. The van der Waals surface area contributed by atoms with E-state index in [2.05, 4.69) is 45.4 Å². The summed E-state index contributed by atoms with van der Waals surface area (Å²) in [6.45, 7) is 8.99. The van der Waals surface area contributed by atoms with Crippen LogP contribution in [-0.2, 0) is 11.0 Å². The van der Waals surface area contributed by atoms with Crippen LogP contribution in [0.15, 0.2) is 5.38 Å². The number of thiazole rings is 1. The van der Waals surface area contributed by atoms with Crippen LogP contribution in [0.1, 0.15) is 44.8 Å². The molecular weight excluding hydrogens is 248 g/mol. The fraction of sp³-hybridized carbons (Fsp3) is 0.769. The Hall–Kier alpha value is -0.0600. The van der Waals surface area contributed by atoms with Crippen LogP contribution in [0, 0.1) is 0 Å². The maximum absolute atomic E-state index is 4.88. The van der Waals surface area contributed by atoms with Gasteiger partial charge in [0.2, 0.25) is 0 Å². The average molecular weight is 270 g/mol. The minimum atomic E-state index is 0.109. The predicted octanol–water partition coefficient (Wildman–Crippen LogP) is 3.38. The Morgan fingerprint density at radius 2 is 2.18 bits per heavy atom. The van der Waals surface area contributed by atoms with E-state index in [-0.39, 0.29) is 11.0 Å². The van der Waals surface area contributed by atoms with Crippen LogP contribution < -0.4 is 5.32 Å². The summed E-state index contributed by atoms with van der Waals surface area (Å²) in [5.74, 6) is 1.14. The minimum Gasteiger partial charge on any atom is -0.308 e. The van der Waals surface area contributed by atoms with Crippen molar-refractivity contribution in [1.29, 1.82) is 0 Å². The van der Waals surface area contributed by atoms with E-state index in [0.29, 0.717) is 0 Å². The van der Waals surface area contributed by atoms with Crippen molar-refractivity contribution in [2.24, 2.45) is 0 Å². The largest absolute Gasteiger partial charge is 0.308 e. The second kappa shape index (κ2) is 4.56. The molecule has 1 saturated heterocycles. The van der Waals surface area contributed by atoms with E-state index >= 15 is 0 Å². The highest BCUT2D eigenvalue weighted by molar-refractivity contribution is 8.00. The third-order valence-electron chi connectivity index (χ3n) is 3.41. The number of rotatable bonds is 2. The van der Waals surface area contributed by atoms with Crippen molar-refractivity contribution >= 4 is 23.1 Å². The Morgan fingerprint density at radius 1 is 1.47 bits per heavy atom. The van der Waals surface area contributed by atoms with Gasteiger partial charge < -0.3 is 5.32 Å². The van der Waals surface area contributed by atoms with Crippen molar-refractivity contribution in [3.05, 3.63) is 16.1 Å². The molecule has 0 amide bonds. The first kappa shape index (κ1) is 13.4. The molecular formula is C13H22N2S2. The molecule has 0 bridgehead atoms. The number of nitrogens with one attached hydrogen (secondary N) is 1. The van der Waals surface area contributed by atoms with Crippen molar-refractivity contribution < 1.29 is 0 Å². The van der Waals surface area contributed by atoms with Gasteiger partial charge in [0.1, 0.15) is 5.01 Å². The second-order valence-corrected chi connectivity index (χ2v) is 8.23. The summed E-state index contributed by atoms with van der Waals surface area (Å²) >= 11 is 3.86. The Labute approximate surface area is 113 Å². The SMILES string of the molecule is CNC1(c2nc(C(C)(C)C)cs2)CSC(C)C1. The number of hydrogen-bond donors (Lipinski definition) is 1. The molecule has 1 aliphatic heterocycles. The van der Waals surface area contributed by atoms with Crippen LogP contribution in [0.5, 0.6) is 0 Å². The van der Waals surface area contributed by atoms with Gasteiger partial charge in [0.15, 0.2) is 0 Å².